The molecule has 0 bridgehead atoms. The van der Waals surface area contributed by atoms with Crippen LogP contribution in [0, 0.1) is 6.92 Å². The maximum Gasteiger partial charge on any atom is 0.290 e. The van der Waals surface area contributed by atoms with Gasteiger partial charge in [-0.25, -0.2) is 4.98 Å². The summed E-state index contributed by atoms with van der Waals surface area (Å²) in [6, 6.07) is 20.5. The van der Waals surface area contributed by atoms with E-state index in [-0.39, 0.29) is 20.9 Å². The number of anilines is 3. The van der Waals surface area contributed by atoms with Crippen molar-refractivity contribution in [1.82, 2.24) is 4.98 Å². The molecule has 0 atom stereocenters. The molecule has 0 saturated heterocycles. The number of rotatable bonds is 7. The van der Waals surface area contributed by atoms with Gasteiger partial charge in [-0.05, 0) is 48.9 Å². The normalized spacial score (nSPS) is 11.2. The van der Waals surface area contributed by atoms with Gasteiger partial charge >= 0.3 is 0 Å². The predicted molar refractivity (Wildman–Crippen MR) is 124 cm³/mol. The highest BCUT2D eigenvalue weighted by molar-refractivity contribution is 7.92. The lowest BCUT2D eigenvalue weighted by Gasteiger charge is -2.14. The maximum atomic E-state index is 14.6. The molecule has 0 radical (unpaired) electrons. The van der Waals surface area contributed by atoms with Gasteiger partial charge in [-0.3, -0.25) is 4.79 Å². The van der Waals surface area contributed by atoms with Crippen LogP contribution >= 0.6 is 11.3 Å². The van der Waals surface area contributed by atoms with E-state index in [9.17, 15) is 17.7 Å². The van der Waals surface area contributed by atoms with Crippen molar-refractivity contribution in [2.75, 3.05) is 9.84 Å². The maximum absolute atomic E-state index is 14.6. The van der Waals surface area contributed by atoms with Gasteiger partial charge in [0, 0.05) is 11.3 Å². The summed E-state index contributed by atoms with van der Waals surface area (Å²) in [7, 11) is -4.30. The smallest absolute Gasteiger partial charge is 0.290 e. The van der Waals surface area contributed by atoms with Crippen LogP contribution in [0.2, 0.25) is 0 Å². The summed E-state index contributed by atoms with van der Waals surface area (Å²) < 4.78 is 39.2. The lowest BCUT2D eigenvalue weighted by molar-refractivity contribution is 0.104. The van der Waals surface area contributed by atoms with Gasteiger partial charge in [0.1, 0.15) is 0 Å². The molecule has 0 aliphatic carbocycles. The number of ketones is 1. The van der Waals surface area contributed by atoms with Gasteiger partial charge in [-0.15, -0.1) is 0 Å². The Labute approximate surface area is 189 Å². The van der Waals surface area contributed by atoms with Crippen molar-refractivity contribution >= 4 is 43.6 Å². The molecule has 0 aliphatic rings. The fourth-order valence-corrected chi connectivity index (χ4v) is 4.88. The Kier molecular flexibility index (Phi) is 6.02. The number of carbonyl (C=O) groups excluding carboxylic acids is 1. The first-order valence-corrected chi connectivity index (χ1v) is 11.8. The molecule has 0 fully saturated rings. The number of carbonyl (C=O) groups is 1. The van der Waals surface area contributed by atoms with Crippen LogP contribution in [-0.4, -0.2) is 19.2 Å². The molecule has 32 heavy (non-hydrogen) atoms. The standard InChI is InChI=1S/C23H18FN3O3S2/c1-16-7-5-6-10-20(16)22(28)21-15-25-23(31-21)26-17-11-13-18(14-12-17)27(24)32(29,30)19-8-3-2-4-9-19/h2-15H,1H3,(H,25,26). The van der Waals surface area contributed by atoms with Crippen molar-refractivity contribution in [2.24, 2.45) is 0 Å². The highest BCUT2D eigenvalue weighted by Crippen LogP contribution is 2.28. The molecule has 3 aromatic carbocycles. The first-order valence-electron chi connectivity index (χ1n) is 9.55. The molecule has 0 amide bonds. The van der Waals surface area contributed by atoms with Gasteiger partial charge in [0.15, 0.2) is 5.13 Å². The van der Waals surface area contributed by atoms with E-state index in [0.29, 0.717) is 21.3 Å². The van der Waals surface area contributed by atoms with E-state index in [4.69, 9.17) is 0 Å². The second-order valence-electron chi connectivity index (χ2n) is 6.88. The topological polar surface area (TPSA) is 79.4 Å². The fraction of sp³-hybridized carbons (Fsp3) is 0.0435. The highest BCUT2D eigenvalue weighted by Gasteiger charge is 2.25. The summed E-state index contributed by atoms with van der Waals surface area (Å²) >= 11 is 1.20. The Morgan fingerprint density at radius 1 is 0.969 bits per heavy atom. The Morgan fingerprint density at radius 3 is 2.31 bits per heavy atom. The number of aromatic nitrogens is 1. The average molecular weight is 468 g/mol. The van der Waals surface area contributed by atoms with Crippen molar-refractivity contribution in [2.45, 2.75) is 11.8 Å². The summed E-state index contributed by atoms with van der Waals surface area (Å²) in [5.74, 6) is -0.108. The van der Waals surface area contributed by atoms with Crippen LogP contribution in [-0.2, 0) is 10.0 Å². The van der Waals surface area contributed by atoms with Gasteiger partial charge in [-0.2, -0.15) is 8.42 Å². The number of hydrogen-bond donors (Lipinski definition) is 1. The van der Waals surface area contributed by atoms with Gasteiger partial charge < -0.3 is 5.32 Å². The number of aryl methyl sites for hydroxylation is 1. The molecule has 6 nitrogen and oxygen atoms in total. The minimum Gasteiger partial charge on any atom is -0.332 e. The number of nitrogens with one attached hydrogen (secondary N) is 1. The monoisotopic (exact) mass is 467 g/mol. The first kappa shape index (κ1) is 21.7. The lowest BCUT2D eigenvalue weighted by atomic mass is 10.0. The van der Waals surface area contributed by atoms with E-state index in [0.717, 1.165) is 5.56 Å². The van der Waals surface area contributed by atoms with Gasteiger partial charge in [0.05, 0.1) is 21.7 Å². The molecule has 4 rings (SSSR count). The average Bonchev–Trinajstić information content (AvgIpc) is 3.28. The molecule has 1 N–H and O–H groups in total. The number of halogens is 1. The van der Waals surface area contributed by atoms with E-state index in [2.05, 4.69) is 10.3 Å². The highest BCUT2D eigenvalue weighted by atomic mass is 32.2. The van der Waals surface area contributed by atoms with Crippen LogP contribution < -0.4 is 9.84 Å². The summed E-state index contributed by atoms with van der Waals surface area (Å²) in [6.07, 6.45) is 1.51. The summed E-state index contributed by atoms with van der Waals surface area (Å²) in [6.45, 7) is 1.88. The predicted octanol–water partition coefficient (Wildman–Crippen LogP) is 5.51. The number of benzene rings is 3. The third-order valence-electron chi connectivity index (χ3n) is 4.69. The number of thiazole rings is 1. The van der Waals surface area contributed by atoms with Crippen LogP contribution in [0.4, 0.5) is 21.0 Å². The number of nitrogens with zero attached hydrogens (tertiary/aromatic N) is 2. The van der Waals surface area contributed by atoms with E-state index in [1.54, 1.807) is 12.1 Å². The molecule has 0 spiro atoms. The number of hydrogen-bond acceptors (Lipinski definition) is 6. The Morgan fingerprint density at radius 2 is 1.62 bits per heavy atom. The second kappa shape index (κ2) is 8.89. The van der Waals surface area contributed by atoms with E-state index in [1.807, 2.05) is 25.1 Å². The SMILES string of the molecule is Cc1ccccc1C(=O)c1cnc(Nc2ccc(N(F)S(=O)(=O)c3ccccc3)cc2)s1. The van der Waals surface area contributed by atoms with E-state index in [1.165, 1.54) is 66.1 Å². The number of sulfonamides is 1. The van der Waals surface area contributed by atoms with E-state index >= 15 is 0 Å². The van der Waals surface area contributed by atoms with Gasteiger partial charge in [0.2, 0.25) is 5.78 Å². The van der Waals surface area contributed by atoms with Crippen molar-refractivity contribution in [1.29, 1.82) is 0 Å². The largest absolute Gasteiger partial charge is 0.332 e. The summed E-state index contributed by atoms with van der Waals surface area (Å²) in [5, 5.41) is 3.54. The van der Waals surface area contributed by atoms with Gasteiger partial charge in [0.25, 0.3) is 10.0 Å². The molecular formula is C23H18FN3O3S2. The lowest BCUT2D eigenvalue weighted by Crippen LogP contribution is -2.22. The molecule has 0 saturated carbocycles. The fourth-order valence-electron chi connectivity index (χ4n) is 3.01. The molecule has 9 heteroatoms. The molecule has 162 valence electrons. The Balaban J connectivity index is 1.48. The molecule has 4 aromatic rings. The molecule has 1 aromatic heterocycles. The van der Waals surface area contributed by atoms with Gasteiger partial charge in [-0.1, -0.05) is 62.8 Å². The Bertz CT molecular complexity index is 1350. The van der Waals surface area contributed by atoms with Crippen LogP contribution in [0.25, 0.3) is 0 Å². The zero-order valence-corrected chi connectivity index (χ0v) is 18.5. The molecule has 1 heterocycles. The molecule has 0 unspecified atom stereocenters. The Hall–Kier alpha value is -3.56. The quantitative estimate of drug-likeness (QED) is 0.287. The third kappa shape index (κ3) is 4.39. The van der Waals surface area contributed by atoms with Crippen molar-refractivity contribution in [3.8, 4) is 0 Å². The zero-order valence-electron chi connectivity index (χ0n) is 16.9. The summed E-state index contributed by atoms with van der Waals surface area (Å²) in [5.41, 5.74) is 1.95. The molecular weight excluding hydrogens is 449 g/mol. The van der Waals surface area contributed by atoms with Crippen LogP contribution in [0.1, 0.15) is 20.8 Å². The first-order chi connectivity index (χ1) is 15.4. The van der Waals surface area contributed by atoms with Crippen molar-refractivity contribution in [3.05, 3.63) is 101 Å². The van der Waals surface area contributed by atoms with Crippen LogP contribution in [0.5, 0.6) is 0 Å². The van der Waals surface area contributed by atoms with E-state index < -0.39 is 10.0 Å². The molecule has 0 aliphatic heterocycles. The minimum atomic E-state index is -4.30. The van der Waals surface area contributed by atoms with Crippen LogP contribution in [0.15, 0.2) is 90.0 Å². The minimum absolute atomic E-state index is 0.108. The second-order valence-corrected chi connectivity index (χ2v) is 9.65. The van der Waals surface area contributed by atoms with Crippen molar-refractivity contribution in [3.63, 3.8) is 0 Å². The van der Waals surface area contributed by atoms with Crippen molar-refractivity contribution < 1.29 is 17.7 Å². The zero-order chi connectivity index (χ0) is 22.7. The van der Waals surface area contributed by atoms with Crippen LogP contribution in [0.3, 0.4) is 0 Å². The third-order valence-corrected chi connectivity index (χ3v) is 7.11. The summed E-state index contributed by atoms with van der Waals surface area (Å²) in [4.78, 5) is 17.3.